The van der Waals surface area contributed by atoms with Crippen molar-refractivity contribution in [2.45, 2.75) is 63.5 Å². The Morgan fingerprint density at radius 3 is 2.69 bits per heavy atom. The van der Waals surface area contributed by atoms with Crippen LogP contribution in [-0.2, 0) is 12.8 Å². The molecule has 0 unspecified atom stereocenters. The standard InChI is InChI=1S/C24H29FN2O2/c1-15-22(18-6-3-4-8-21(18)29-15)24(28)27-14-19(16-9-11-17(25)12-10-16)23-20(27)7-5-13-26(23)2/h9-12,19-20,23H,3-8,13-14H2,1-2H3/t19-,20-,23-/m1/s1. The van der Waals surface area contributed by atoms with Crippen LogP contribution in [0.3, 0.4) is 0 Å². The van der Waals surface area contributed by atoms with Crippen LogP contribution >= 0.6 is 0 Å². The molecule has 3 atom stereocenters. The largest absolute Gasteiger partial charge is 0.465 e. The second-order valence-electron chi connectivity index (χ2n) is 8.94. The molecule has 29 heavy (non-hydrogen) atoms. The van der Waals surface area contributed by atoms with Gasteiger partial charge in [-0.25, -0.2) is 4.39 Å². The van der Waals surface area contributed by atoms with Gasteiger partial charge in [0.05, 0.1) is 5.56 Å². The lowest BCUT2D eigenvalue weighted by Gasteiger charge is -2.39. The highest BCUT2D eigenvalue weighted by atomic mass is 19.1. The smallest absolute Gasteiger partial charge is 0.258 e. The summed E-state index contributed by atoms with van der Waals surface area (Å²) in [6.45, 7) is 3.66. The molecular weight excluding hydrogens is 367 g/mol. The number of amides is 1. The lowest BCUT2D eigenvalue weighted by Crippen LogP contribution is -2.50. The molecule has 1 amide bonds. The van der Waals surface area contributed by atoms with Crippen molar-refractivity contribution < 1.29 is 13.6 Å². The van der Waals surface area contributed by atoms with Crippen molar-refractivity contribution in [2.75, 3.05) is 20.1 Å². The third-order valence-corrected chi connectivity index (χ3v) is 7.24. The van der Waals surface area contributed by atoms with E-state index in [1.807, 2.05) is 19.1 Å². The van der Waals surface area contributed by atoms with Gasteiger partial charge >= 0.3 is 0 Å². The third-order valence-electron chi connectivity index (χ3n) is 7.24. The maximum atomic E-state index is 13.8. The molecule has 2 aromatic rings. The first-order valence-corrected chi connectivity index (χ1v) is 10.9. The molecule has 2 saturated heterocycles. The molecule has 0 N–H and O–H groups in total. The van der Waals surface area contributed by atoms with Crippen LogP contribution in [0.15, 0.2) is 28.7 Å². The lowest BCUT2D eigenvalue weighted by molar-refractivity contribution is 0.0626. The van der Waals surface area contributed by atoms with E-state index in [1.54, 1.807) is 0 Å². The zero-order valence-corrected chi connectivity index (χ0v) is 17.3. The molecule has 0 saturated carbocycles. The summed E-state index contributed by atoms with van der Waals surface area (Å²) in [6.07, 6.45) is 6.27. The summed E-state index contributed by atoms with van der Waals surface area (Å²) in [7, 11) is 2.16. The predicted octanol–water partition coefficient (Wildman–Crippen LogP) is 4.31. The number of fused-ring (bicyclic) bond motifs is 2. The Hall–Kier alpha value is -2.14. The fraction of sp³-hybridized carbons (Fsp3) is 0.542. The first kappa shape index (κ1) is 18.9. The Balaban J connectivity index is 1.51. The van der Waals surface area contributed by atoms with E-state index in [0.29, 0.717) is 6.54 Å². The van der Waals surface area contributed by atoms with Crippen LogP contribution in [0.5, 0.6) is 0 Å². The molecule has 5 heteroatoms. The number of nitrogens with zero attached hydrogens (tertiary/aromatic N) is 2. The van der Waals surface area contributed by atoms with E-state index in [-0.39, 0.29) is 29.7 Å². The zero-order chi connectivity index (χ0) is 20.1. The Labute approximate surface area is 171 Å². The number of likely N-dealkylation sites (tertiary alicyclic amines) is 2. The van der Waals surface area contributed by atoms with Crippen LogP contribution < -0.4 is 0 Å². The predicted molar refractivity (Wildman–Crippen MR) is 110 cm³/mol. The lowest BCUT2D eigenvalue weighted by atomic mass is 9.86. The van der Waals surface area contributed by atoms with E-state index in [1.165, 1.54) is 12.1 Å². The van der Waals surface area contributed by atoms with Crippen LogP contribution in [0.25, 0.3) is 0 Å². The second kappa shape index (κ2) is 7.28. The van der Waals surface area contributed by atoms with Gasteiger partial charge in [0.25, 0.3) is 5.91 Å². The van der Waals surface area contributed by atoms with Gasteiger partial charge in [-0.15, -0.1) is 0 Å². The minimum atomic E-state index is -0.214. The second-order valence-corrected chi connectivity index (χ2v) is 8.94. The molecule has 5 rings (SSSR count). The number of aryl methyl sites for hydroxylation is 2. The average molecular weight is 397 g/mol. The SMILES string of the molecule is Cc1oc2c(c1C(=O)N1C[C@H](c3ccc(F)cc3)[C@@H]3[C@H]1CCCN3C)CCCC2. The van der Waals surface area contributed by atoms with Crippen LogP contribution in [0.2, 0.25) is 0 Å². The number of rotatable bonds is 2. The summed E-state index contributed by atoms with van der Waals surface area (Å²) >= 11 is 0. The average Bonchev–Trinajstić information content (AvgIpc) is 3.26. The summed E-state index contributed by atoms with van der Waals surface area (Å²) in [5, 5.41) is 0. The van der Waals surface area contributed by atoms with E-state index in [9.17, 15) is 9.18 Å². The maximum absolute atomic E-state index is 13.8. The van der Waals surface area contributed by atoms with E-state index >= 15 is 0 Å². The maximum Gasteiger partial charge on any atom is 0.258 e. The summed E-state index contributed by atoms with van der Waals surface area (Å²) in [6, 6.07) is 7.32. The van der Waals surface area contributed by atoms with Crippen molar-refractivity contribution in [1.29, 1.82) is 0 Å². The minimum absolute atomic E-state index is 0.129. The normalized spacial score (nSPS) is 27.0. The summed E-state index contributed by atoms with van der Waals surface area (Å²) in [5.74, 6) is 1.91. The van der Waals surface area contributed by atoms with Gasteiger partial charge in [0.15, 0.2) is 0 Å². The highest BCUT2D eigenvalue weighted by molar-refractivity contribution is 5.97. The highest BCUT2D eigenvalue weighted by Crippen LogP contribution is 2.41. The number of halogens is 1. The Bertz CT molecular complexity index is 920. The van der Waals surface area contributed by atoms with Crippen molar-refractivity contribution in [3.8, 4) is 0 Å². The van der Waals surface area contributed by atoms with Crippen molar-refractivity contribution in [1.82, 2.24) is 9.80 Å². The number of hydrogen-bond acceptors (Lipinski definition) is 3. The number of piperidine rings is 1. The molecule has 2 aliphatic heterocycles. The van der Waals surface area contributed by atoms with Crippen LogP contribution in [-0.4, -0.2) is 47.9 Å². The van der Waals surface area contributed by atoms with Gasteiger partial charge in [-0.2, -0.15) is 0 Å². The van der Waals surface area contributed by atoms with E-state index in [0.717, 1.165) is 73.3 Å². The molecule has 1 aliphatic carbocycles. The first-order chi connectivity index (χ1) is 14.0. The molecule has 0 bridgehead atoms. The molecule has 4 nitrogen and oxygen atoms in total. The number of hydrogen-bond donors (Lipinski definition) is 0. The van der Waals surface area contributed by atoms with Crippen LogP contribution in [0.1, 0.15) is 64.6 Å². The highest BCUT2D eigenvalue weighted by Gasteiger charge is 2.48. The van der Waals surface area contributed by atoms with E-state index in [4.69, 9.17) is 4.42 Å². The molecule has 0 radical (unpaired) electrons. The third kappa shape index (κ3) is 3.10. The van der Waals surface area contributed by atoms with Crippen molar-refractivity contribution >= 4 is 5.91 Å². The zero-order valence-electron chi connectivity index (χ0n) is 17.3. The number of furan rings is 1. The monoisotopic (exact) mass is 396 g/mol. The Morgan fingerprint density at radius 2 is 1.90 bits per heavy atom. The molecular formula is C24H29FN2O2. The number of carbonyl (C=O) groups excluding carboxylic acids is 1. The summed E-state index contributed by atoms with van der Waals surface area (Å²) < 4.78 is 19.5. The Morgan fingerprint density at radius 1 is 1.14 bits per heavy atom. The van der Waals surface area contributed by atoms with Gasteiger partial charge in [-0.3, -0.25) is 4.79 Å². The molecule has 3 heterocycles. The van der Waals surface area contributed by atoms with Gasteiger partial charge in [0.1, 0.15) is 17.3 Å². The van der Waals surface area contributed by atoms with E-state index in [2.05, 4.69) is 16.8 Å². The molecule has 2 fully saturated rings. The molecule has 3 aliphatic rings. The van der Waals surface area contributed by atoms with Crippen molar-refractivity contribution in [2.24, 2.45) is 0 Å². The Kier molecular flexibility index (Phi) is 4.73. The fourth-order valence-corrected chi connectivity index (χ4v) is 5.91. The van der Waals surface area contributed by atoms with E-state index < -0.39 is 0 Å². The first-order valence-electron chi connectivity index (χ1n) is 10.9. The molecule has 154 valence electrons. The van der Waals surface area contributed by atoms with Gasteiger partial charge in [-0.05, 0) is 70.3 Å². The molecule has 1 aromatic heterocycles. The van der Waals surface area contributed by atoms with Crippen molar-refractivity contribution in [3.05, 3.63) is 58.3 Å². The quantitative estimate of drug-likeness (QED) is 0.759. The summed E-state index contributed by atoms with van der Waals surface area (Å²) in [4.78, 5) is 18.3. The molecule has 1 aromatic carbocycles. The van der Waals surface area contributed by atoms with Gasteiger partial charge < -0.3 is 14.2 Å². The summed E-state index contributed by atoms with van der Waals surface area (Å²) in [5.41, 5.74) is 3.08. The van der Waals surface area contributed by atoms with Gasteiger partial charge in [0, 0.05) is 36.5 Å². The minimum Gasteiger partial charge on any atom is -0.465 e. The van der Waals surface area contributed by atoms with Crippen LogP contribution in [0.4, 0.5) is 4.39 Å². The van der Waals surface area contributed by atoms with Gasteiger partial charge in [0.2, 0.25) is 0 Å². The van der Waals surface area contributed by atoms with Crippen molar-refractivity contribution in [3.63, 3.8) is 0 Å². The molecule has 0 spiro atoms. The van der Waals surface area contributed by atoms with Gasteiger partial charge in [-0.1, -0.05) is 12.1 Å². The van der Waals surface area contributed by atoms with Crippen LogP contribution in [0, 0.1) is 12.7 Å². The fourth-order valence-electron chi connectivity index (χ4n) is 5.91. The number of carbonyl (C=O) groups is 1. The number of benzene rings is 1. The number of likely N-dealkylation sites (N-methyl/N-ethyl adjacent to an activating group) is 1. The topological polar surface area (TPSA) is 36.7 Å².